The second-order valence-corrected chi connectivity index (χ2v) is 6.95. The van der Waals surface area contributed by atoms with Gasteiger partial charge in [-0.05, 0) is 30.9 Å². The number of thioether (sulfide) groups is 1. The maximum absolute atomic E-state index is 13.3. The molecule has 8 heteroatoms. The molecule has 0 saturated carbocycles. The molecule has 0 radical (unpaired) electrons. The molecule has 0 aliphatic heterocycles. The number of fused-ring (bicyclic) bond motifs is 1. The van der Waals surface area contributed by atoms with Gasteiger partial charge in [0, 0.05) is 10.9 Å². The van der Waals surface area contributed by atoms with Crippen molar-refractivity contribution in [2.45, 2.75) is 18.2 Å². The van der Waals surface area contributed by atoms with Crippen molar-refractivity contribution in [3.63, 3.8) is 0 Å². The zero-order valence-corrected chi connectivity index (χ0v) is 13.5. The molecule has 0 saturated heterocycles. The molecule has 1 aromatic carbocycles. The van der Waals surface area contributed by atoms with Crippen molar-refractivity contribution in [2.75, 3.05) is 11.1 Å². The Labute approximate surface area is 133 Å². The predicted octanol–water partition coefficient (Wildman–Crippen LogP) is 4.10. The molecule has 22 heavy (non-hydrogen) atoms. The number of anilines is 1. The third kappa shape index (κ3) is 2.84. The fraction of sp³-hybridized carbons (Fsp3) is 0.214. The lowest BCUT2D eigenvalue weighted by Gasteiger charge is -1.98. The number of nitrogens with zero attached hydrogens (tertiary/aromatic N) is 2. The number of hydrogen-bond acceptors (Lipinski definition) is 6. The maximum Gasteiger partial charge on any atom is 0.293 e. The highest BCUT2D eigenvalue weighted by Gasteiger charge is 2.19. The standard InChI is InChI=1S/C14H12FN3O2S2/c1-3-21-14-18-17-13(22-14)16-12(19)11-7(2)9-6-8(15)4-5-10(9)20-11/h4-6H,3H2,1-2H3,(H,16,17,19). The van der Waals surface area contributed by atoms with Crippen molar-refractivity contribution < 1.29 is 13.6 Å². The summed E-state index contributed by atoms with van der Waals surface area (Å²) in [5.74, 6) is 0.254. The third-order valence-electron chi connectivity index (χ3n) is 3.00. The van der Waals surface area contributed by atoms with Gasteiger partial charge in [0.25, 0.3) is 5.91 Å². The minimum absolute atomic E-state index is 0.153. The van der Waals surface area contributed by atoms with E-state index < -0.39 is 5.91 Å². The van der Waals surface area contributed by atoms with Crippen molar-refractivity contribution in [2.24, 2.45) is 0 Å². The van der Waals surface area contributed by atoms with Gasteiger partial charge in [0.1, 0.15) is 11.4 Å². The summed E-state index contributed by atoms with van der Waals surface area (Å²) < 4.78 is 19.6. The first-order chi connectivity index (χ1) is 10.6. The van der Waals surface area contributed by atoms with E-state index >= 15 is 0 Å². The van der Waals surface area contributed by atoms with Gasteiger partial charge in [0.2, 0.25) is 5.13 Å². The highest BCUT2D eigenvalue weighted by atomic mass is 32.2. The maximum atomic E-state index is 13.3. The van der Waals surface area contributed by atoms with Crippen LogP contribution < -0.4 is 5.32 Å². The molecule has 0 bridgehead atoms. The van der Waals surface area contributed by atoms with Crippen LogP contribution in [0.25, 0.3) is 11.0 Å². The van der Waals surface area contributed by atoms with Crippen molar-refractivity contribution in [3.05, 3.63) is 35.3 Å². The van der Waals surface area contributed by atoms with Crippen molar-refractivity contribution in [1.82, 2.24) is 10.2 Å². The monoisotopic (exact) mass is 337 g/mol. The molecule has 0 unspecified atom stereocenters. The van der Waals surface area contributed by atoms with Crippen LogP contribution in [0.15, 0.2) is 27.0 Å². The average molecular weight is 337 g/mol. The molecule has 1 N–H and O–H groups in total. The summed E-state index contributed by atoms with van der Waals surface area (Å²) in [6.45, 7) is 3.74. The Bertz CT molecular complexity index is 844. The van der Waals surface area contributed by atoms with Gasteiger partial charge in [0.15, 0.2) is 10.1 Å². The van der Waals surface area contributed by atoms with Gasteiger partial charge in [0.05, 0.1) is 0 Å². The molecule has 0 aliphatic carbocycles. The summed E-state index contributed by atoms with van der Waals surface area (Å²) >= 11 is 2.86. The van der Waals surface area contributed by atoms with Gasteiger partial charge in [-0.15, -0.1) is 10.2 Å². The first kappa shape index (κ1) is 15.0. The molecule has 2 heterocycles. The van der Waals surface area contributed by atoms with E-state index in [0.29, 0.717) is 21.7 Å². The van der Waals surface area contributed by atoms with Gasteiger partial charge < -0.3 is 4.42 Å². The average Bonchev–Trinajstić information content (AvgIpc) is 3.05. The smallest absolute Gasteiger partial charge is 0.293 e. The number of halogens is 1. The van der Waals surface area contributed by atoms with Crippen LogP contribution in [0.5, 0.6) is 0 Å². The van der Waals surface area contributed by atoms with E-state index in [1.54, 1.807) is 18.7 Å². The van der Waals surface area contributed by atoms with Crippen molar-refractivity contribution in [1.29, 1.82) is 0 Å². The molecule has 5 nitrogen and oxygen atoms in total. The summed E-state index contributed by atoms with van der Waals surface area (Å²) in [4.78, 5) is 12.3. The normalized spacial score (nSPS) is 11.0. The number of carbonyl (C=O) groups excluding carboxylic acids is 1. The number of carbonyl (C=O) groups is 1. The Morgan fingerprint density at radius 1 is 1.45 bits per heavy atom. The fourth-order valence-corrected chi connectivity index (χ4v) is 3.65. The Morgan fingerprint density at radius 2 is 2.27 bits per heavy atom. The van der Waals surface area contributed by atoms with E-state index in [9.17, 15) is 9.18 Å². The van der Waals surface area contributed by atoms with E-state index in [0.717, 1.165) is 10.1 Å². The molecule has 0 fully saturated rings. The van der Waals surface area contributed by atoms with Crippen LogP contribution in [-0.2, 0) is 0 Å². The molecule has 0 atom stereocenters. The topological polar surface area (TPSA) is 68.0 Å². The van der Waals surface area contributed by atoms with Crippen LogP contribution in [0.3, 0.4) is 0 Å². The number of benzene rings is 1. The number of aryl methyl sites for hydroxylation is 1. The quantitative estimate of drug-likeness (QED) is 0.573. The van der Waals surface area contributed by atoms with Gasteiger partial charge in [-0.25, -0.2) is 4.39 Å². The largest absolute Gasteiger partial charge is 0.451 e. The lowest BCUT2D eigenvalue weighted by molar-refractivity contribution is 0.0998. The highest BCUT2D eigenvalue weighted by molar-refractivity contribution is 8.01. The van der Waals surface area contributed by atoms with Gasteiger partial charge >= 0.3 is 0 Å². The molecule has 0 aliphatic rings. The summed E-state index contributed by atoms with van der Waals surface area (Å²) in [6.07, 6.45) is 0. The van der Waals surface area contributed by atoms with Crippen molar-refractivity contribution >= 4 is 45.1 Å². The number of nitrogens with one attached hydrogen (secondary N) is 1. The van der Waals surface area contributed by atoms with Crippen molar-refractivity contribution in [3.8, 4) is 0 Å². The van der Waals surface area contributed by atoms with E-state index in [-0.39, 0.29) is 11.6 Å². The van der Waals surface area contributed by atoms with Gasteiger partial charge in [-0.2, -0.15) is 0 Å². The lowest BCUT2D eigenvalue weighted by atomic mass is 10.1. The first-order valence-corrected chi connectivity index (χ1v) is 8.35. The van der Waals surface area contributed by atoms with E-state index in [4.69, 9.17) is 4.42 Å². The molecule has 2 aromatic heterocycles. The Morgan fingerprint density at radius 3 is 3.05 bits per heavy atom. The van der Waals surface area contributed by atoms with Crippen LogP contribution >= 0.6 is 23.1 Å². The SMILES string of the molecule is CCSc1nnc(NC(=O)c2oc3ccc(F)cc3c2C)s1. The molecule has 3 aromatic rings. The van der Waals surface area contributed by atoms with E-state index in [1.165, 1.54) is 29.5 Å². The first-order valence-electron chi connectivity index (χ1n) is 6.54. The molecule has 1 amide bonds. The number of rotatable bonds is 4. The minimum atomic E-state index is -0.418. The van der Waals surface area contributed by atoms with Gasteiger partial charge in [-0.3, -0.25) is 10.1 Å². The number of hydrogen-bond donors (Lipinski definition) is 1. The molecule has 3 rings (SSSR count). The second kappa shape index (κ2) is 6.05. The summed E-state index contributed by atoms with van der Waals surface area (Å²) in [6, 6.07) is 4.16. The third-order valence-corrected chi connectivity index (χ3v) is 4.85. The molecular formula is C14H12FN3O2S2. The second-order valence-electron chi connectivity index (χ2n) is 4.46. The van der Waals surface area contributed by atoms with Gasteiger partial charge in [-0.1, -0.05) is 30.0 Å². The number of aromatic nitrogens is 2. The zero-order valence-electron chi connectivity index (χ0n) is 11.8. The Hall–Kier alpha value is -1.93. The fourth-order valence-electron chi connectivity index (χ4n) is 2.01. The predicted molar refractivity (Wildman–Crippen MR) is 85.2 cm³/mol. The molecule has 0 spiro atoms. The molecule has 114 valence electrons. The van der Waals surface area contributed by atoms with Crippen LogP contribution in [0, 0.1) is 12.7 Å². The number of furan rings is 1. The minimum Gasteiger partial charge on any atom is -0.451 e. The van der Waals surface area contributed by atoms with Crippen LogP contribution in [0.2, 0.25) is 0 Å². The Kier molecular flexibility index (Phi) is 4.12. The number of amides is 1. The highest BCUT2D eigenvalue weighted by Crippen LogP contribution is 2.28. The van der Waals surface area contributed by atoms with Crippen LogP contribution in [0.4, 0.5) is 9.52 Å². The Balaban J connectivity index is 1.86. The summed E-state index contributed by atoms with van der Waals surface area (Å²) in [5.41, 5.74) is 1.07. The van der Waals surface area contributed by atoms with E-state index in [2.05, 4.69) is 15.5 Å². The lowest BCUT2D eigenvalue weighted by Crippen LogP contribution is -2.11. The summed E-state index contributed by atoms with van der Waals surface area (Å²) in [7, 11) is 0. The zero-order chi connectivity index (χ0) is 15.7. The molecular weight excluding hydrogens is 325 g/mol. The summed E-state index contributed by atoms with van der Waals surface area (Å²) in [5, 5.41) is 11.5. The van der Waals surface area contributed by atoms with Crippen LogP contribution in [-0.4, -0.2) is 21.9 Å². The van der Waals surface area contributed by atoms with Crippen LogP contribution in [0.1, 0.15) is 23.0 Å². The van der Waals surface area contributed by atoms with E-state index in [1.807, 2.05) is 6.92 Å².